The summed E-state index contributed by atoms with van der Waals surface area (Å²) in [5.41, 5.74) is 2.33. The Kier molecular flexibility index (Phi) is 3.11. The van der Waals surface area contributed by atoms with Crippen molar-refractivity contribution >= 4 is 5.91 Å². The van der Waals surface area contributed by atoms with E-state index >= 15 is 0 Å². The molecular weight excluding hydrogens is 142 g/mol. The van der Waals surface area contributed by atoms with Crippen molar-refractivity contribution in [3.05, 3.63) is 12.2 Å². The molecule has 0 radical (unpaired) electrons. The van der Waals surface area contributed by atoms with Gasteiger partial charge in [0.15, 0.2) is 0 Å². The molecule has 0 aromatic rings. The third-order valence-electron chi connectivity index (χ3n) is 1.56. The minimum atomic E-state index is -0.149. The molecule has 0 saturated carbocycles. The summed E-state index contributed by atoms with van der Waals surface area (Å²) in [5, 5.41) is 0. The van der Waals surface area contributed by atoms with Crippen molar-refractivity contribution < 1.29 is 9.63 Å². The van der Waals surface area contributed by atoms with Crippen LogP contribution < -0.4 is 5.48 Å². The van der Waals surface area contributed by atoms with Crippen molar-refractivity contribution in [3.8, 4) is 0 Å². The Morgan fingerprint density at radius 2 is 2.55 bits per heavy atom. The van der Waals surface area contributed by atoms with E-state index in [1.807, 2.05) is 6.08 Å². The molecule has 1 aliphatic carbocycles. The Balaban J connectivity index is 2.20. The Labute approximate surface area is 66.4 Å². The fourth-order valence-electron chi connectivity index (χ4n) is 1.04. The maximum Gasteiger partial charge on any atom is 0.240 e. The number of hydrogen-bond donors (Lipinski definition) is 1. The van der Waals surface area contributed by atoms with Gasteiger partial charge in [-0.2, -0.15) is 0 Å². The number of rotatable bonds is 2. The highest BCUT2D eigenvalue weighted by molar-refractivity contribution is 5.71. The second kappa shape index (κ2) is 4.13. The average molecular weight is 155 g/mol. The van der Waals surface area contributed by atoms with Gasteiger partial charge < -0.3 is 0 Å². The molecule has 0 spiro atoms. The number of nitrogens with one attached hydrogen (secondary N) is 1. The van der Waals surface area contributed by atoms with E-state index in [1.54, 1.807) is 0 Å². The molecule has 0 aromatic heterocycles. The lowest BCUT2D eigenvalue weighted by molar-refractivity contribution is -0.134. The molecule has 0 heterocycles. The molecule has 1 N–H and O–H groups in total. The minimum Gasteiger partial charge on any atom is -0.273 e. The number of allylic oxidation sites excluding steroid dienone is 1. The van der Waals surface area contributed by atoms with E-state index in [1.165, 1.54) is 6.92 Å². The summed E-state index contributed by atoms with van der Waals surface area (Å²) in [6.45, 7) is 1.44. The maximum absolute atomic E-state index is 10.4. The molecule has 0 aliphatic heterocycles. The first kappa shape index (κ1) is 8.27. The molecule has 1 unspecified atom stereocenters. The third-order valence-corrected chi connectivity index (χ3v) is 1.56. The van der Waals surface area contributed by atoms with Gasteiger partial charge in [0.25, 0.3) is 0 Å². The molecule has 1 rings (SSSR count). The van der Waals surface area contributed by atoms with Gasteiger partial charge in [0, 0.05) is 6.92 Å². The number of hydrogen-bond acceptors (Lipinski definition) is 2. The second-order valence-electron chi connectivity index (χ2n) is 2.67. The zero-order valence-electron chi connectivity index (χ0n) is 6.67. The van der Waals surface area contributed by atoms with Crippen LogP contribution in [0.1, 0.15) is 26.2 Å². The zero-order valence-corrected chi connectivity index (χ0v) is 6.67. The number of carbonyl (C=O) groups is 1. The lowest BCUT2D eigenvalue weighted by atomic mass is 10.1. The molecule has 0 fully saturated rings. The maximum atomic E-state index is 10.4. The van der Waals surface area contributed by atoms with Crippen LogP contribution in [0, 0.1) is 0 Å². The lowest BCUT2D eigenvalue weighted by Gasteiger charge is -2.15. The highest BCUT2D eigenvalue weighted by Crippen LogP contribution is 2.11. The van der Waals surface area contributed by atoms with Crippen molar-refractivity contribution in [2.45, 2.75) is 32.3 Å². The summed E-state index contributed by atoms with van der Waals surface area (Å²) < 4.78 is 0. The lowest BCUT2D eigenvalue weighted by Crippen LogP contribution is -2.27. The van der Waals surface area contributed by atoms with Crippen LogP contribution in [-0.4, -0.2) is 12.0 Å². The summed E-state index contributed by atoms with van der Waals surface area (Å²) in [4.78, 5) is 15.5. The molecule has 0 aromatic carbocycles. The smallest absolute Gasteiger partial charge is 0.240 e. The predicted octanol–water partition coefficient (Wildman–Crippen LogP) is 1.16. The normalized spacial score (nSPS) is 23.2. The highest BCUT2D eigenvalue weighted by Gasteiger charge is 2.08. The van der Waals surface area contributed by atoms with Crippen molar-refractivity contribution in [3.63, 3.8) is 0 Å². The van der Waals surface area contributed by atoms with Gasteiger partial charge in [-0.25, -0.2) is 5.48 Å². The van der Waals surface area contributed by atoms with Gasteiger partial charge in [-0.1, -0.05) is 12.2 Å². The van der Waals surface area contributed by atoms with E-state index in [2.05, 4.69) is 11.6 Å². The average Bonchev–Trinajstić information content (AvgIpc) is 2.03. The second-order valence-corrected chi connectivity index (χ2v) is 2.67. The summed E-state index contributed by atoms with van der Waals surface area (Å²) >= 11 is 0. The quantitative estimate of drug-likeness (QED) is 0.480. The van der Waals surface area contributed by atoms with Crippen molar-refractivity contribution in [2.24, 2.45) is 0 Å². The van der Waals surface area contributed by atoms with Crippen LogP contribution in [0.25, 0.3) is 0 Å². The molecular formula is C8H13NO2. The van der Waals surface area contributed by atoms with Crippen LogP contribution in [0.3, 0.4) is 0 Å². The van der Waals surface area contributed by atoms with Gasteiger partial charge in [0.05, 0.1) is 0 Å². The number of amides is 1. The third kappa shape index (κ3) is 3.18. The first-order valence-corrected chi connectivity index (χ1v) is 3.88. The van der Waals surface area contributed by atoms with Crippen molar-refractivity contribution in [1.82, 2.24) is 5.48 Å². The summed E-state index contributed by atoms with van der Waals surface area (Å²) in [6.07, 6.45) is 7.40. The van der Waals surface area contributed by atoms with Crippen molar-refractivity contribution in [1.29, 1.82) is 0 Å². The number of hydroxylamine groups is 1. The van der Waals surface area contributed by atoms with Crippen LogP contribution >= 0.6 is 0 Å². The van der Waals surface area contributed by atoms with E-state index in [0.29, 0.717) is 0 Å². The highest BCUT2D eigenvalue weighted by atomic mass is 16.7. The molecule has 3 heteroatoms. The minimum absolute atomic E-state index is 0.0765. The van der Waals surface area contributed by atoms with Gasteiger partial charge in [-0.15, -0.1) is 0 Å². The predicted molar refractivity (Wildman–Crippen MR) is 41.7 cm³/mol. The molecule has 1 atom stereocenters. The van der Waals surface area contributed by atoms with Crippen LogP contribution in [0.4, 0.5) is 0 Å². The fourth-order valence-corrected chi connectivity index (χ4v) is 1.04. The standard InChI is InChI=1S/C8H13NO2/c1-7(10)9-11-8-5-3-2-4-6-8/h3,5,8H,2,4,6H2,1H3,(H,9,10). The van der Waals surface area contributed by atoms with E-state index in [-0.39, 0.29) is 12.0 Å². The molecule has 0 bridgehead atoms. The molecule has 0 saturated heterocycles. The largest absolute Gasteiger partial charge is 0.273 e. The van der Waals surface area contributed by atoms with E-state index in [9.17, 15) is 4.79 Å². The summed E-state index contributed by atoms with van der Waals surface area (Å²) in [7, 11) is 0. The topological polar surface area (TPSA) is 38.3 Å². The van der Waals surface area contributed by atoms with Gasteiger partial charge in [0.1, 0.15) is 6.10 Å². The van der Waals surface area contributed by atoms with Crippen LogP contribution in [0.15, 0.2) is 12.2 Å². The number of carbonyl (C=O) groups excluding carboxylic acids is 1. The van der Waals surface area contributed by atoms with Crippen molar-refractivity contribution in [2.75, 3.05) is 0 Å². The van der Waals surface area contributed by atoms with E-state index in [4.69, 9.17) is 4.84 Å². The molecule has 62 valence electrons. The van der Waals surface area contributed by atoms with Crippen LogP contribution in [0.2, 0.25) is 0 Å². The molecule has 11 heavy (non-hydrogen) atoms. The SMILES string of the molecule is CC(=O)NOC1C=CCCC1. The zero-order chi connectivity index (χ0) is 8.10. The van der Waals surface area contributed by atoms with Crippen LogP contribution in [0.5, 0.6) is 0 Å². The Morgan fingerprint density at radius 1 is 1.73 bits per heavy atom. The fraction of sp³-hybridized carbons (Fsp3) is 0.625. The van der Waals surface area contributed by atoms with Gasteiger partial charge in [-0.3, -0.25) is 9.63 Å². The Hall–Kier alpha value is -0.830. The molecule has 3 nitrogen and oxygen atoms in total. The van der Waals surface area contributed by atoms with E-state index < -0.39 is 0 Å². The van der Waals surface area contributed by atoms with Gasteiger partial charge in [-0.05, 0) is 19.3 Å². The molecule has 1 amide bonds. The molecule has 1 aliphatic rings. The Morgan fingerprint density at radius 3 is 3.09 bits per heavy atom. The van der Waals surface area contributed by atoms with Gasteiger partial charge in [0.2, 0.25) is 5.91 Å². The summed E-state index contributed by atoms with van der Waals surface area (Å²) in [5.74, 6) is -0.149. The van der Waals surface area contributed by atoms with Crippen LogP contribution in [-0.2, 0) is 9.63 Å². The van der Waals surface area contributed by atoms with Gasteiger partial charge >= 0.3 is 0 Å². The first-order chi connectivity index (χ1) is 5.29. The monoisotopic (exact) mass is 155 g/mol. The first-order valence-electron chi connectivity index (χ1n) is 3.88. The summed E-state index contributed by atoms with van der Waals surface area (Å²) in [6, 6.07) is 0. The Bertz CT molecular complexity index is 165. The van der Waals surface area contributed by atoms with E-state index in [0.717, 1.165) is 19.3 Å².